The van der Waals surface area contributed by atoms with E-state index in [1.54, 1.807) is 0 Å². The summed E-state index contributed by atoms with van der Waals surface area (Å²) < 4.78 is 4.76. The van der Waals surface area contributed by atoms with Gasteiger partial charge in [-0.15, -0.1) is 0 Å². The summed E-state index contributed by atoms with van der Waals surface area (Å²) in [4.78, 5) is 9.96. The van der Waals surface area contributed by atoms with E-state index in [-0.39, 0.29) is 6.54 Å². The summed E-state index contributed by atoms with van der Waals surface area (Å²) >= 11 is 0. The largest absolute Gasteiger partial charge is 0.388 e. The highest BCUT2D eigenvalue weighted by Gasteiger charge is 2.42. The van der Waals surface area contributed by atoms with Crippen LogP contribution in [0, 0.1) is 0 Å². The molecule has 0 spiro atoms. The molecular weight excluding hydrogens is 194 g/mol. The lowest BCUT2D eigenvalue weighted by Crippen LogP contribution is -2.59. The number of hydrogen-bond acceptors (Lipinski definition) is 6. The van der Waals surface area contributed by atoms with Gasteiger partial charge in [-0.1, -0.05) is 0 Å². The molecule has 5 atom stereocenters. The van der Waals surface area contributed by atoms with Gasteiger partial charge < -0.3 is 30.5 Å². The summed E-state index contributed by atoms with van der Waals surface area (Å²) in [6.07, 6.45) is -6.48. The van der Waals surface area contributed by atoms with Gasteiger partial charge in [-0.05, 0) is 0 Å². The molecule has 5 N–H and O–H groups in total. The van der Waals surface area contributed by atoms with Gasteiger partial charge in [0.1, 0.15) is 24.4 Å². The fourth-order valence-corrected chi connectivity index (χ4v) is 1.26. The minimum Gasteiger partial charge on any atom is -0.388 e. The third kappa shape index (κ3) is 2.20. The van der Waals surface area contributed by atoms with Gasteiger partial charge in [-0.25, -0.2) is 0 Å². The van der Waals surface area contributed by atoms with Crippen molar-refractivity contribution in [3.05, 3.63) is 0 Å². The molecule has 1 amide bonds. The molecule has 7 nitrogen and oxygen atoms in total. The van der Waals surface area contributed by atoms with Gasteiger partial charge in [-0.3, -0.25) is 4.79 Å². The van der Waals surface area contributed by atoms with Crippen LogP contribution in [0.3, 0.4) is 0 Å². The van der Waals surface area contributed by atoms with Crippen LogP contribution >= 0.6 is 0 Å². The van der Waals surface area contributed by atoms with Crippen LogP contribution in [0.15, 0.2) is 0 Å². The predicted molar refractivity (Wildman–Crippen MR) is 43.0 cm³/mol. The number of amides is 1. The number of aliphatic hydroxyl groups is 4. The molecule has 0 bridgehead atoms. The topological polar surface area (TPSA) is 119 Å². The van der Waals surface area contributed by atoms with Crippen LogP contribution in [-0.4, -0.2) is 64.1 Å². The average Bonchev–Trinajstić information content (AvgIpc) is 2.18. The third-order valence-corrected chi connectivity index (χ3v) is 2.09. The van der Waals surface area contributed by atoms with Crippen LogP contribution in [0.2, 0.25) is 0 Å². The van der Waals surface area contributed by atoms with E-state index in [9.17, 15) is 15.0 Å². The molecule has 1 saturated heterocycles. The fourth-order valence-electron chi connectivity index (χ4n) is 1.26. The molecule has 0 saturated carbocycles. The maximum absolute atomic E-state index is 9.96. The summed E-state index contributed by atoms with van der Waals surface area (Å²) in [5.74, 6) is 0. The van der Waals surface area contributed by atoms with E-state index in [1.807, 2.05) is 0 Å². The van der Waals surface area contributed by atoms with E-state index in [1.165, 1.54) is 0 Å². The monoisotopic (exact) mass is 207 g/mol. The van der Waals surface area contributed by atoms with E-state index in [0.29, 0.717) is 6.41 Å². The number of carbonyl (C=O) groups excluding carboxylic acids is 1. The van der Waals surface area contributed by atoms with Gasteiger partial charge in [0.25, 0.3) is 0 Å². The second kappa shape index (κ2) is 4.67. The first-order valence-corrected chi connectivity index (χ1v) is 4.12. The SMILES string of the molecule is O=CNCC1OC(O)C(O)C(O)C1O. The van der Waals surface area contributed by atoms with Gasteiger partial charge >= 0.3 is 0 Å². The quantitative estimate of drug-likeness (QED) is 0.307. The highest BCUT2D eigenvalue weighted by Crippen LogP contribution is 2.18. The molecule has 7 heteroatoms. The maximum Gasteiger partial charge on any atom is 0.207 e. The van der Waals surface area contributed by atoms with Crippen LogP contribution < -0.4 is 5.32 Å². The second-order valence-corrected chi connectivity index (χ2v) is 3.06. The van der Waals surface area contributed by atoms with Crippen molar-refractivity contribution < 1.29 is 30.0 Å². The maximum atomic E-state index is 9.96. The Morgan fingerprint density at radius 2 is 1.79 bits per heavy atom. The Hall–Kier alpha value is -0.730. The number of hydrogen-bond donors (Lipinski definition) is 5. The fraction of sp³-hybridized carbons (Fsp3) is 0.857. The summed E-state index contributed by atoms with van der Waals surface area (Å²) in [5, 5.41) is 39.0. The summed E-state index contributed by atoms with van der Waals surface area (Å²) in [5.41, 5.74) is 0. The van der Waals surface area contributed by atoms with Gasteiger partial charge in [0.05, 0.1) is 0 Å². The number of ether oxygens (including phenoxy) is 1. The number of aliphatic hydroxyl groups excluding tert-OH is 4. The molecule has 0 aliphatic carbocycles. The van der Waals surface area contributed by atoms with Crippen molar-refractivity contribution in [2.24, 2.45) is 0 Å². The number of rotatable bonds is 3. The molecule has 1 aliphatic heterocycles. The van der Waals surface area contributed by atoms with Crippen molar-refractivity contribution >= 4 is 6.41 Å². The lowest BCUT2D eigenvalue weighted by atomic mass is 9.99. The zero-order valence-electron chi connectivity index (χ0n) is 7.28. The molecule has 1 fully saturated rings. The van der Waals surface area contributed by atoms with Crippen molar-refractivity contribution in [2.75, 3.05) is 6.54 Å². The second-order valence-electron chi connectivity index (χ2n) is 3.06. The molecule has 5 unspecified atom stereocenters. The smallest absolute Gasteiger partial charge is 0.207 e. The molecular formula is C7H13NO6. The Kier molecular flexibility index (Phi) is 3.78. The Bertz CT molecular complexity index is 201. The first-order chi connectivity index (χ1) is 6.57. The molecule has 0 radical (unpaired) electrons. The molecule has 1 heterocycles. The van der Waals surface area contributed by atoms with Crippen LogP contribution in [0.4, 0.5) is 0 Å². The van der Waals surface area contributed by atoms with Crippen LogP contribution in [0.5, 0.6) is 0 Å². The highest BCUT2D eigenvalue weighted by molar-refractivity contribution is 5.45. The van der Waals surface area contributed by atoms with Crippen LogP contribution in [0.25, 0.3) is 0 Å². The van der Waals surface area contributed by atoms with Gasteiger partial charge in [0.2, 0.25) is 6.41 Å². The normalized spacial score (nSPS) is 43.3. The van der Waals surface area contributed by atoms with Crippen LogP contribution in [0.1, 0.15) is 0 Å². The molecule has 82 valence electrons. The van der Waals surface area contributed by atoms with Crippen molar-refractivity contribution in [3.8, 4) is 0 Å². The van der Waals surface area contributed by atoms with E-state index in [2.05, 4.69) is 5.32 Å². The van der Waals surface area contributed by atoms with Crippen molar-refractivity contribution in [2.45, 2.75) is 30.7 Å². The Morgan fingerprint density at radius 1 is 1.14 bits per heavy atom. The minimum atomic E-state index is -1.56. The zero-order valence-corrected chi connectivity index (χ0v) is 7.28. The van der Waals surface area contributed by atoms with E-state index in [0.717, 1.165) is 0 Å². The Balaban J connectivity index is 2.55. The summed E-state index contributed by atoms with van der Waals surface area (Å²) in [7, 11) is 0. The van der Waals surface area contributed by atoms with E-state index >= 15 is 0 Å². The molecule has 1 rings (SSSR count). The predicted octanol–water partition coefficient (Wildman–Crippen LogP) is -3.47. The first kappa shape index (κ1) is 11.3. The minimum absolute atomic E-state index is 0.0501. The van der Waals surface area contributed by atoms with Gasteiger partial charge in [-0.2, -0.15) is 0 Å². The van der Waals surface area contributed by atoms with Gasteiger partial charge in [0.15, 0.2) is 6.29 Å². The Labute approximate surface area is 79.9 Å². The molecule has 0 aromatic carbocycles. The standard InChI is InChI=1S/C7H13NO6/c9-2-8-1-3-4(10)5(11)6(12)7(13)14-3/h2-7,10-13H,1H2,(H,8,9). The summed E-state index contributed by atoms with van der Waals surface area (Å²) in [6, 6.07) is 0. The number of carbonyl (C=O) groups is 1. The first-order valence-electron chi connectivity index (χ1n) is 4.12. The van der Waals surface area contributed by atoms with Crippen molar-refractivity contribution in [1.29, 1.82) is 0 Å². The number of nitrogens with one attached hydrogen (secondary N) is 1. The van der Waals surface area contributed by atoms with E-state index in [4.69, 9.17) is 14.9 Å². The molecule has 0 aromatic heterocycles. The van der Waals surface area contributed by atoms with Gasteiger partial charge in [0, 0.05) is 6.54 Å². The zero-order chi connectivity index (χ0) is 10.7. The van der Waals surface area contributed by atoms with Crippen molar-refractivity contribution in [1.82, 2.24) is 5.32 Å². The lowest BCUT2D eigenvalue weighted by Gasteiger charge is -2.38. The highest BCUT2D eigenvalue weighted by atomic mass is 16.6. The molecule has 1 aliphatic rings. The van der Waals surface area contributed by atoms with Crippen molar-refractivity contribution in [3.63, 3.8) is 0 Å². The van der Waals surface area contributed by atoms with Crippen LogP contribution in [-0.2, 0) is 9.53 Å². The molecule has 14 heavy (non-hydrogen) atoms. The average molecular weight is 207 g/mol. The van der Waals surface area contributed by atoms with E-state index < -0.39 is 30.7 Å². The summed E-state index contributed by atoms with van der Waals surface area (Å²) in [6.45, 7) is -0.0501. The third-order valence-electron chi connectivity index (χ3n) is 2.09. The lowest BCUT2D eigenvalue weighted by molar-refractivity contribution is -0.280. The molecule has 0 aromatic rings. The Morgan fingerprint density at radius 3 is 2.36 bits per heavy atom.